The molecule has 2 rings (SSSR count). The van der Waals surface area contributed by atoms with E-state index in [1.807, 2.05) is 36.2 Å². The lowest BCUT2D eigenvalue weighted by Gasteiger charge is -2.18. The molecule has 0 saturated heterocycles. The van der Waals surface area contributed by atoms with Crippen LogP contribution in [0.4, 0.5) is 5.82 Å². The van der Waals surface area contributed by atoms with Crippen LogP contribution in [0.3, 0.4) is 0 Å². The van der Waals surface area contributed by atoms with Crippen LogP contribution in [0, 0.1) is 0 Å². The second-order valence-electron chi connectivity index (χ2n) is 3.94. The highest BCUT2D eigenvalue weighted by atomic mass is 32.1. The van der Waals surface area contributed by atoms with Crippen molar-refractivity contribution in [3.63, 3.8) is 0 Å². The highest BCUT2D eigenvalue weighted by Gasteiger charge is 2.06. The van der Waals surface area contributed by atoms with Crippen LogP contribution in [0.15, 0.2) is 42.7 Å². The minimum Gasteiger partial charge on any atom is -0.389 e. The van der Waals surface area contributed by atoms with E-state index in [-0.39, 0.29) is 0 Å². The molecule has 0 atom stereocenters. The molecule has 0 amide bonds. The Kier molecular flexibility index (Phi) is 3.84. The van der Waals surface area contributed by atoms with Gasteiger partial charge in [0.1, 0.15) is 10.8 Å². The zero-order valence-corrected chi connectivity index (χ0v) is 10.9. The molecular weight excluding hydrogens is 244 g/mol. The summed E-state index contributed by atoms with van der Waals surface area (Å²) >= 11 is 4.96. The van der Waals surface area contributed by atoms with Gasteiger partial charge in [0.05, 0.1) is 12.2 Å². The SMILES string of the molecule is CN(Cc1ccccn1)c1cc(C(N)=S)ccn1. The van der Waals surface area contributed by atoms with Crippen LogP contribution in [0.5, 0.6) is 0 Å². The fraction of sp³-hybridized carbons (Fsp3) is 0.154. The first-order valence-corrected chi connectivity index (χ1v) is 5.94. The van der Waals surface area contributed by atoms with E-state index in [0.717, 1.165) is 17.1 Å². The molecule has 4 nitrogen and oxygen atoms in total. The topological polar surface area (TPSA) is 55.0 Å². The number of nitrogens with two attached hydrogens (primary N) is 1. The van der Waals surface area contributed by atoms with Gasteiger partial charge in [-0.1, -0.05) is 18.3 Å². The van der Waals surface area contributed by atoms with Crippen LogP contribution in [0.2, 0.25) is 0 Å². The molecule has 0 spiro atoms. The van der Waals surface area contributed by atoms with Crippen LogP contribution < -0.4 is 10.6 Å². The quantitative estimate of drug-likeness (QED) is 0.847. The zero-order valence-electron chi connectivity index (χ0n) is 10.1. The molecule has 2 aromatic rings. The molecular formula is C13H14N4S. The Morgan fingerprint density at radius 3 is 2.78 bits per heavy atom. The monoisotopic (exact) mass is 258 g/mol. The van der Waals surface area contributed by atoms with Gasteiger partial charge in [0.2, 0.25) is 0 Å². The summed E-state index contributed by atoms with van der Waals surface area (Å²) in [6.07, 6.45) is 3.49. The van der Waals surface area contributed by atoms with Crippen molar-refractivity contribution in [2.24, 2.45) is 5.73 Å². The Morgan fingerprint density at radius 1 is 1.28 bits per heavy atom. The van der Waals surface area contributed by atoms with Gasteiger partial charge in [-0.15, -0.1) is 0 Å². The van der Waals surface area contributed by atoms with Crippen molar-refractivity contribution in [2.45, 2.75) is 6.54 Å². The summed E-state index contributed by atoms with van der Waals surface area (Å²) in [6, 6.07) is 9.53. The maximum atomic E-state index is 5.61. The standard InChI is InChI=1S/C13H14N4S/c1-17(9-11-4-2-3-6-15-11)12-8-10(13(14)18)5-7-16-12/h2-8H,9H2,1H3,(H2,14,18). The molecule has 0 aliphatic heterocycles. The van der Waals surface area contributed by atoms with Crippen molar-refractivity contribution in [1.82, 2.24) is 9.97 Å². The van der Waals surface area contributed by atoms with Gasteiger partial charge in [0, 0.05) is 25.0 Å². The van der Waals surface area contributed by atoms with Gasteiger partial charge in [-0.25, -0.2) is 4.98 Å². The predicted molar refractivity (Wildman–Crippen MR) is 76.5 cm³/mol. The molecule has 0 bridgehead atoms. The van der Waals surface area contributed by atoms with Crippen molar-refractivity contribution in [3.8, 4) is 0 Å². The summed E-state index contributed by atoms with van der Waals surface area (Å²) in [6.45, 7) is 0.689. The molecule has 0 aliphatic carbocycles. The largest absolute Gasteiger partial charge is 0.389 e. The average Bonchev–Trinajstić information content (AvgIpc) is 2.40. The summed E-state index contributed by atoms with van der Waals surface area (Å²) in [5, 5.41) is 0. The van der Waals surface area contributed by atoms with Gasteiger partial charge in [0.25, 0.3) is 0 Å². The molecule has 0 saturated carbocycles. The van der Waals surface area contributed by atoms with E-state index in [1.165, 1.54) is 0 Å². The van der Waals surface area contributed by atoms with Gasteiger partial charge in [0.15, 0.2) is 0 Å². The minimum absolute atomic E-state index is 0.380. The number of nitrogens with zero attached hydrogens (tertiary/aromatic N) is 3. The molecule has 2 aromatic heterocycles. The molecule has 0 fully saturated rings. The fourth-order valence-electron chi connectivity index (χ4n) is 1.60. The van der Waals surface area contributed by atoms with E-state index in [4.69, 9.17) is 18.0 Å². The zero-order chi connectivity index (χ0) is 13.0. The minimum atomic E-state index is 0.380. The molecule has 2 N–H and O–H groups in total. The van der Waals surface area contributed by atoms with E-state index in [0.29, 0.717) is 11.5 Å². The van der Waals surface area contributed by atoms with E-state index in [1.54, 1.807) is 18.5 Å². The normalized spacial score (nSPS) is 10.1. The first-order chi connectivity index (χ1) is 8.66. The van der Waals surface area contributed by atoms with Gasteiger partial charge >= 0.3 is 0 Å². The molecule has 0 unspecified atom stereocenters. The van der Waals surface area contributed by atoms with Gasteiger partial charge < -0.3 is 10.6 Å². The third-order valence-electron chi connectivity index (χ3n) is 2.55. The Hall–Kier alpha value is -2.01. The van der Waals surface area contributed by atoms with E-state index in [9.17, 15) is 0 Å². The lowest BCUT2D eigenvalue weighted by molar-refractivity contribution is 0.865. The number of aromatic nitrogens is 2. The van der Waals surface area contributed by atoms with Crippen LogP contribution in [-0.2, 0) is 6.54 Å². The molecule has 0 radical (unpaired) electrons. The first-order valence-electron chi connectivity index (χ1n) is 5.54. The Labute approximate surface area is 111 Å². The second kappa shape index (κ2) is 5.55. The smallest absolute Gasteiger partial charge is 0.129 e. The van der Waals surface area contributed by atoms with Crippen molar-refractivity contribution in [3.05, 3.63) is 54.0 Å². The Bertz CT molecular complexity index is 542. The predicted octanol–water partition coefficient (Wildman–Crippen LogP) is 1.75. The van der Waals surface area contributed by atoms with Gasteiger partial charge in [-0.2, -0.15) is 0 Å². The maximum absolute atomic E-state index is 5.61. The van der Waals surface area contributed by atoms with Crippen molar-refractivity contribution in [2.75, 3.05) is 11.9 Å². The molecule has 5 heteroatoms. The summed E-state index contributed by atoms with van der Waals surface area (Å²) < 4.78 is 0. The van der Waals surface area contributed by atoms with E-state index < -0.39 is 0 Å². The molecule has 0 aromatic carbocycles. The molecule has 92 valence electrons. The Balaban J connectivity index is 2.16. The number of hydrogen-bond acceptors (Lipinski definition) is 4. The average molecular weight is 258 g/mol. The second-order valence-corrected chi connectivity index (χ2v) is 4.38. The van der Waals surface area contributed by atoms with Crippen LogP contribution >= 0.6 is 12.2 Å². The highest BCUT2D eigenvalue weighted by Crippen LogP contribution is 2.13. The van der Waals surface area contributed by atoms with Gasteiger partial charge in [-0.3, -0.25) is 4.98 Å². The maximum Gasteiger partial charge on any atom is 0.129 e. The third-order valence-corrected chi connectivity index (χ3v) is 2.78. The van der Waals surface area contributed by atoms with Crippen molar-refractivity contribution in [1.29, 1.82) is 0 Å². The number of pyridine rings is 2. The fourth-order valence-corrected chi connectivity index (χ4v) is 1.72. The summed E-state index contributed by atoms with van der Waals surface area (Å²) in [4.78, 5) is 11.0. The summed E-state index contributed by atoms with van der Waals surface area (Å²) in [5.41, 5.74) is 7.42. The molecule has 2 heterocycles. The van der Waals surface area contributed by atoms with E-state index >= 15 is 0 Å². The number of hydrogen-bond donors (Lipinski definition) is 1. The first kappa shape index (κ1) is 12.4. The molecule has 18 heavy (non-hydrogen) atoms. The van der Waals surface area contributed by atoms with Gasteiger partial charge in [-0.05, 0) is 24.3 Å². The lowest BCUT2D eigenvalue weighted by atomic mass is 10.2. The van der Waals surface area contributed by atoms with Crippen LogP contribution in [-0.4, -0.2) is 22.0 Å². The highest BCUT2D eigenvalue weighted by molar-refractivity contribution is 7.80. The summed E-state index contributed by atoms with van der Waals surface area (Å²) in [7, 11) is 1.96. The van der Waals surface area contributed by atoms with Crippen molar-refractivity contribution < 1.29 is 0 Å². The molecule has 0 aliphatic rings. The lowest BCUT2D eigenvalue weighted by Crippen LogP contribution is -2.19. The number of thiocarbonyl (C=S) groups is 1. The van der Waals surface area contributed by atoms with Crippen LogP contribution in [0.25, 0.3) is 0 Å². The number of rotatable bonds is 4. The Morgan fingerprint density at radius 2 is 2.11 bits per heavy atom. The third kappa shape index (κ3) is 3.01. The number of anilines is 1. The summed E-state index contributed by atoms with van der Waals surface area (Å²) in [5.74, 6) is 0.825. The van der Waals surface area contributed by atoms with Crippen molar-refractivity contribution >= 4 is 23.0 Å². The van der Waals surface area contributed by atoms with Crippen LogP contribution in [0.1, 0.15) is 11.3 Å². The van der Waals surface area contributed by atoms with E-state index in [2.05, 4.69) is 9.97 Å².